The zero-order valence-corrected chi connectivity index (χ0v) is 14.0. The zero-order chi connectivity index (χ0) is 15.6. The van der Waals surface area contributed by atoms with E-state index in [1.807, 2.05) is 19.9 Å². The van der Waals surface area contributed by atoms with Gasteiger partial charge in [0, 0.05) is 4.47 Å². The van der Waals surface area contributed by atoms with Crippen molar-refractivity contribution in [1.82, 2.24) is 0 Å². The Morgan fingerprint density at radius 2 is 2.00 bits per heavy atom. The van der Waals surface area contributed by atoms with Crippen molar-refractivity contribution in [3.8, 4) is 0 Å². The van der Waals surface area contributed by atoms with Gasteiger partial charge < -0.3 is 5.32 Å². The summed E-state index contributed by atoms with van der Waals surface area (Å²) in [6, 6.07) is 8.23. The lowest BCUT2D eigenvalue weighted by atomic mass is 10.1. The van der Waals surface area contributed by atoms with Crippen LogP contribution in [0.15, 0.2) is 34.8 Å². The molecule has 1 N–H and O–H groups in total. The molecule has 5 heteroatoms. The fourth-order valence-electron chi connectivity index (χ4n) is 2.11. The largest absolute Gasteiger partial charge is 0.324 e. The molecule has 0 radical (unpaired) electrons. The predicted octanol–water partition coefficient (Wildman–Crippen LogP) is 5.04. The lowest BCUT2D eigenvalue weighted by molar-refractivity contribution is -0.115. The maximum atomic E-state index is 13.7. The summed E-state index contributed by atoms with van der Waals surface area (Å²) in [5, 5.41) is 3.23. The number of hydrogen-bond donors (Lipinski definition) is 1. The third-order valence-corrected chi connectivity index (χ3v) is 3.85. The highest BCUT2D eigenvalue weighted by molar-refractivity contribution is 9.10. The molecule has 0 saturated carbocycles. The summed E-state index contributed by atoms with van der Waals surface area (Å²) in [6.07, 6.45) is -0.0467. The highest BCUT2D eigenvalue weighted by Gasteiger charge is 2.12. The molecular weight excluding hydrogens is 357 g/mol. The molecule has 0 bridgehead atoms. The number of halogens is 3. The van der Waals surface area contributed by atoms with Crippen molar-refractivity contribution in [3.63, 3.8) is 0 Å². The van der Waals surface area contributed by atoms with Crippen LogP contribution in [0.4, 0.5) is 10.1 Å². The van der Waals surface area contributed by atoms with Gasteiger partial charge >= 0.3 is 0 Å². The summed E-state index contributed by atoms with van der Waals surface area (Å²) in [6.45, 7) is 3.80. The van der Waals surface area contributed by atoms with Crippen molar-refractivity contribution in [1.29, 1.82) is 0 Å². The highest BCUT2D eigenvalue weighted by Crippen LogP contribution is 2.27. The van der Waals surface area contributed by atoms with E-state index >= 15 is 0 Å². The number of benzene rings is 2. The first-order valence-electron chi connectivity index (χ1n) is 6.37. The smallest absolute Gasteiger partial charge is 0.228 e. The van der Waals surface area contributed by atoms with Crippen LogP contribution in [0.5, 0.6) is 0 Å². The van der Waals surface area contributed by atoms with E-state index in [1.54, 1.807) is 18.2 Å². The maximum absolute atomic E-state index is 13.7. The number of hydrogen-bond acceptors (Lipinski definition) is 1. The van der Waals surface area contributed by atoms with Gasteiger partial charge in [0.25, 0.3) is 0 Å². The van der Waals surface area contributed by atoms with Crippen molar-refractivity contribution in [2.75, 3.05) is 5.32 Å². The molecule has 2 nitrogen and oxygen atoms in total. The van der Waals surface area contributed by atoms with Crippen molar-refractivity contribution in [2.45, 2.75) is 20.3 Å². The van der Waals surface area contributed by atoms with E-state index in [1.165, 1.54) is 6.07 Å². The van der Waals surface area contributed by atoms with Crippen LogP contribution in [0.3, 0.4) is 0 Å². The van der Waals surface area contributed by atoms with Gasteiger partial charge in [-0.1, -0.05) is 33.6 Å². The normalized spacial score (nSPS) is 10.5. The molecule has 1 amide bonds. The Balaban J connectivity index is 2.17. The van der Waals surface area contributed by atoms with Crippen LogP contribution in [-0.2, 0) is 11.2 Å². The van der Waals surface area contributed by atoms with Crippen LogP contribution in [0.2, 0.25) is 5.02 Å². The minimum atomic E-state index is -0.403. The van der Waals surface area contributed by atoms with Crippen LogP contribution >= 0.6 is 27.5 Å². The molecule has 0 atom stereocenters. The van der Waals surface area contributed by atoms with Crippen molar-refractivity contribution in [2.24, 2.45) is 0 Å². The third kappa shape index (κ3) is 4.05. The van der Waals surface area contributed by atoms with Crippen LogP contribution in [0.25, 0.3) is 0 Å². The first-order valence-corrected chi connectivity index (χ1v) is 7.54. The summed E-state index contributed by atoms with van der Waals surface area (Å²) < 4.78 is 14.4. The molecule has 2 aromatic carbocycles. The van der Waals surface area contributed by atoms with E-state index in [0.717, 1.165) is 15.6 Å². The number of nitrogens with one attached hydrogen (secondary N) is 1. The summed E-state index contributed by atoms with van der Waals surface area (Å²) >= 11 is 9.41. The second-order valence-corrected chi connectivity index (χ2v) is 6.22. The topological polar surface area (TPSA) is 29.1 Å². The van der Waals surface area contributed by atoms with Gasteiger partial charge in [0.05, 0.1) is 17.1 Å². The second kappa shape index (κ2) is 6.58. The number of rotatable bonds is 3. The fraction of sp³-hybridized carbons (Fsp3) is 0.188. The minimum absolute atomic E-state index is 0.0467. The Morgan fingerprint density at radius 3 is 2.67 bits per heavy atom. The van der Waals surface area contributed by atoms with Gasteiger partial charge in [-0.15, -0.1) is 0 Å². The minimum Gasteiger partial charge on any atom is -0.324 e. The van der Waals surface area contributed by atoms with Crippen LogP contribution < -0.4 is 5.32 Å². The summed E-state index contributed by atoms with van der Waals surface area (Å²) in [5.41, 5.74) is 2.81. The molecule has 0 fully saturated rings. The van der Waals surface area contributed by atoms with Crippen molar-refractivity contribution in [3.05, 3.63) is 62.3 Å². The molecule has 0 unspecified atom stereocenters. The average molecular weight is 371 g/mol. The molecule has 0 heterocycles. The van der Waals surface area contributed by atoms with E-state index in [0.29, 0.717) is 16.3 Å². The lowest BCUT2D eigenvalue weighted by Gasteiger charge is -2.12. The molecule has 0 aliphatic heterocycles. The number of aryl methyl sites for hydroxylation is 2. The van der Waals surface area contributed by atoms with Gasteiger partial charge in [-0.2, -0.15) is 0 Å². The monoisotopic (exact) mass is 369 g/mol. The predicted molar refractivity (Wildman–Crippen MR) is 87.4 cm³/mol. The van der Waals surface area contributed by atoms with Gasteiger partial charge in [0.1, 0.15) is 5.82 Å². The Morgan fingerprint density at radius 1 is 1.29 bits per heavy atom. The maximum Gasteiger partial charge on any atom is 0.228 e. The molecule has 0 aromatic heterocycles. The molecule has 0 saturated heterocycles. The first kappa shape index (κ1) is 16.0. The molecule has 2 rings (SSSR count). The van der Waals surface area contributed by atoms with Gasteiger partial charge in [-0.3, -0.25) is 4.79 Å². The second-order valence-electron chi connectivity index (χ2n) is 4.90. The summed E-state index contributed by atoms with van der Waals surface area (Å²) in [4.78, 5) is 12.1. The third-order valence-electron chi connectivity index (χ3n) is 3.05. The average Bonchev–Trinajstić information content (AvgIpc) is 2.38. The van der Waals surface area contributed by atoms with Crippen LogP contribution in [-0.4, -0.2) is 5.91 Å². The number of anilines is 1. The molecular formula is C16H14BrClFNO. The highest BCUT2D eigenvalue weighted by atomic mass is 79.9. The standard InChI is InChI=1S/C16H14BrClFNO/c1-9-5-10(2)16(13(18)6-9)20-15(21)8-11-7-12(17)3-4-14(11)19/h3-7H,8H2,1-2H3,(H,20,21). The molecule has 2 aromatic rings. The van der Waals surface area contributed by atoms with E-state index in [2.05, 4.69) is 21.2 Å². The molecule has 0 spiro atoms. The van der Waals surface area contributed by atoms with E-state index in [9.17, 15) is 9.18 Å². The van der Waals surface area contributed by atoms with Crippen molar-refractivity contribution >= 4 is 39.1 Å². The van der Waals surface area contributed by atoms with E-state index < -0.39 is 5.82 Å². The molecule has 21 heavy (non-hydrogen) atoms. The Bertz CT molecular complexity index is 680. The summed E-state index contributed by atoms with van der Waals surface area (Å²) in [5.74, 6) is -0.707. The first-order chi connectivity index (χ1) is 9.86. The van der Waals surface area contributed by atoms with Crippen molar-refractivity contribution < 1.29 is 9.18 Å². The van der Waals surface area contributed by atoms with Gasteiger partial charge in [-0.25, -0.2) is 4.39 Å². The molecule has 0 aliphatic rings. The van der Waals surface area contributed by atoms with Gasteiger partial charge in [0.2, 0.25) is 5.91 Å². The van der Waals surface area contributed by atoms with E-state index in [4.69, 9.17) is 11.6 Å². The Hall–Kier alpha value is -1.39. The SMILES string of the molecule is Cc1cc(C)c(NC(=O)Cc2cc(Br)ccc2F)c(Cl)c1. The number of carbonyl (C=O) groups is 1. The number of carbonyl (C=O) groups excluding carboxylic acids is 1. The van der Waals surface area contributed by atoms with Crippen LogP contribution in [0.1, 0.15) is 16.7 Å². The Kier molecular flexibility index (Phi) is 5.01. The van der Waals surface area contributed by atoms with E-state index in [-0.39, 0.29) is 12.3 Å². The quantitative estimate of drug-likeness (QED) is 0.806. The fourth-order valence-corrected chi connectivity index (χ4v) is 2.89. The molecule has 0 aliphatic carbocycles. The van der Waals surface area contributed by atoms with Crippen LogP contribution in [0, 0.1) is 19.7 Å². The van der Waals surface area contributed by atoms with Gasteiger partial charge in [0.15, 0.2) is 0 Å². The lowest BCUT2D eigenvalue weighted by Crippen LogP contribution is -2.16. The zero-order valence-electron chi connectivity index (χ0n) is 11.6. The van der Waals surface area contributed by atoms with Gasteiger partial charge in [-0.05, 0) is 54.8 Å². The number of amides is 1. The summed E-state index contributed by atoms with van der Waals surface area (Å²) in [7, 11) is 0. The molecule has 110 valence electrons. The Labute approximate surface area is 136 Å².